The Labute approximate surface area is 170 Å². The number of fused-ring (bicyclic) bond motifs is 1. The van der Waals surface area contributed by atoms with Gasteiger partial charge in [-0.3, -0.25) is 4.90 Å². The molecule has 0 amide bonds. The van der Waals surface area contributed by atoms with Crippen molar-refractivity contribution in [1.82, 2.24) is 20.1 Å². The molecule has 2 aromatic heterocycles. The highest BCUT2D eigenvalue weighted by molar-refractivity contribution is 5.37. The van der Waals surface area contributed by atoms with Gasteiger partial charge in [-0.2, -0.15) is 13.2 Å². The molecule has 1 fully saturated rings. The van der Waals surface area contributed by atoms with Crippen LogP contribution in [0.3, 0.4) is 0 Å². The van der Waals surface area contributed by atoms with E-state index in [9.17, 15) is 17.6 Å². The van der Waals surface area contributed by atoms with E-state index in [1.807, 2.05) is 6.92 Å². The summed E-state index contributed by atoms with van der Waals surface area (Å²) < 4.78 is 68.7. The van der Waals surface area contributed by atoms with Crippen LogP contribution in [-0.2, 0) is 6.18 Å². The lowest BCUT2D eigenvalue weighted by atomic mass is 10.0. The molecule has 0 bridgehead atoms. The van der Waals surface area contributed by atoms with Gasteiger partial charge in [-0.25, -0.2) is 9.37 Å². The van der Waals surface area contributed by atoms with Gasteiger partial charge in [0, 0.05) is 25.2 Å². The molecule has 0 N–H and O–H groups in total. The van der Waals surface area contributed by atoms with Gasteiger partial charge in [0.1, 0.15) is 25.1 Å². The molecule has 4 rings (SSSR count). The second-order valence-corrected chi connectivity index (χ2v) is 7.14. The summed E-state index contributed by atoms with van der Waals surface area (Å²) in [6, 6.07) is 3.02. The van der Waals surface area contributed by atoms with Gasteiger partial charge in [-0.05, 0) is 25.8 Å². The van der Waals surface area contributed by atoms with Gasteiger partial charge in [0.15, 0.2) is 11.4 Å². The number of ether oxygens (including phenoxy) is 3. The topological polar surface area (TPSA) is 69.6 Å². The molecule has 4 heterocycles. The Bertz CT molecular complexity index is 887. The monoisotopic (exact) mass is 428 g/mol. The summed E-state index contributed by atoms with van der Waals surface area (Å²) in [5, 5.41) is 6.66. The van der Waals surface area contributed by atoms with Crippen molar-refractivity contribution in [2.75, 3.05) is 26.3 Å². The van der Waals surface area contributed by atoms with Gasteiger partial charge in [0.2, 0.25) is 5.88 Å². The molecule has 0 aliphatic carbocycles. The molecule has 1 saturated heterocycles. The molecular weight excluding hydrogens is 408 g/mol. The van der Waals surface area contributed by atoms with E-state index in [4.69, 9.17) is 14.2 Å². The third-order valence-electron chi connectivity index (χ3n) is 5.15. The molecule has 11 heteroatoms. The van der Waals surface area contributed by atoms with Crippen LogP contribution in [0.1, 0.15) is 37.2 Å². The number of likely N-dealkylation sites (tertiary alicyclic amines) is 1. The molecule has 2 aromatic rings. The first-order valence-corrected chi connectivity index (χ1v) is 9.59. The Balaban J connectivity index is 1.35. The van der Waals surface area contributed by atoms with Gasteiger partial charge < -0.3 is 14.2 Å². The van der Waals surface area contributed by atoms with E-state index in [0.717, 1.165) is 6.07 Å². The molecular formula is C19H20F4N4O3. The molecule has 0 radical (unpaired) electrons. The number of alkyl halides is 3. The number of nitrogens with zero attached hydrogens (tertiary/aromatic N) is 4. The number of piperidine rings is 1. The van der Waals surface area contributed by atoms with Crippen LogP contribution in [0.25, 0.3) is 0 Å². The van der Waals surface area contributed by atoms with Gasteiger partial charge in [0.05, 0.1) is 11.7 Å². The highest BCUT2D eigenvalue weighted by Crippen LogP contribution is 2.34. The lowest BCUT2D eigenvalue weighted by Gasteiger charge is -2.35. The summed E-state index contributed by atoms with van der Waals surface area (Å²) in [7, 11) is 0. The second-order valence-electron chi connectivity index (χ2n) is 7.14. The average molecular weight is 428 g/mol. The molecule has 2 aliphatic rings. The Morgan fingerprint density at radius 1 is 1.13 bits per heavy atom. The normalized spacial score (nSPS) is 18.8. The number of rotatable bonds is 4. The van der Waals surface area contributed by atoms with Gasteiger partial charge >= 0.3 is 6.18 Å². The number of aromatic nitrogens is 3. The van der Waals surface area contributed by atoms with Crippen LogP contribution in [-0.4, -0.2) is 52.5 Å². The molecule has 0 saturated carbocycles. The lowest BCUT2D eigenvalue weighted by molar-refractivity contribution is -0.141. The maximum absolute atomic E-state index is 14.5. The maximum atomic E-state index is 14.5. The van der Waals surface area contributed by atoms with E-state index in [2.05, 4.69) is 20.1 Å². The molecule has 0 aromatic carbocycles. The van der Waals surface area contributed by atoms with E-state index in [1.165, 1.54) is 12.1 Å². The fourth-order valence-corrected chi connectivity index (χ4v) is 3.52. The van der Waals surface area contributed by atoms with E-state index >= 15 is 0 Å². The summed E-state index contributed by atoms with van der Waals surface area (Å²) >= 11 is 0. The Morgan fingerprint density at radius 2 is 1.87 bits per heavy atom. The zero-order valence-electron chi connectivity index (χ0n) is 16.2. The minimum atomic E-state index is -4.54. The van der Waals surface area contributed by atoms with Crippen molar-refractivity contribution in [3.63, 3.8) is 0 Å². The van der Waals surface area contributed by atoms with Crippen molar-refractivity contribution < 1.29 is 31.8 Å². The second kappa shape index (κ2) is 8.21. The number of pyridine rings is 1. The van der Waals surface area contributed by atoms with Gasteiger partial charge in [0.25, 0.3) is 5.88 Å². The minimum absolute atomic E-state index is 0.0500. The Hall–Kier alpha value is -2.69. The Kier molecular flexibility index (Phi) is 5.63. The third-order valence-corrected chi connectivity index (χ3v) is 5.15. The Morgan fingerprint density at radius 3 is 2.53 bits per heavy atom. The summed E-state index contributed by atoms with van der Waals surface area (Å²) in [6.45, 7) is 3.81. The zero-order valence-corrected chi connectivity index (χ0v) is 16.2. The molecule has 30 heavy (non-hydrogen) atoms. The maximum Gasteiger partial charge on any atom is 0.435 e. The molecule has 7 nitrogen and oxygen atoms in total. The minimum Gasteiger partial charge on any atom is -0.484 e. The van der Waals surface area contributed by atoms with Gasteiger partial charge in [-0.15, -0.1) is 10.2 Å². The summed E-state index contributed by atoms with van der Waals surface area (Å²) in [5.74, 6) is 0.197. The lowest BCUT2D eigenvalue weighted by Crippen LogP contribution is -2.40. The van der Waals surface area contributed by atoms with Crippen molar-refractivity contribution in [2.45, 2.75) is 38.1 Å². The van der Waals surface area contributed by atoms with Crippen LogP contribution >= 0.6 is 0 Å². The van der Waals surface area contributed by atoms with E-state index in [1.54, 1.807) is 0 Å². The quantitative estimate of drug-likeness (QED) is 0.692. The number of hydrogen-bond donors (Lipinski definition) is 0. The zero-order chi connectivity index (χ0) is 21.3. The number of halogens is 4. The fraction of sp³-hybridized carbons (Fsp3) is 0.526. The van der Waals surface area contributed by atoms with Crippen molar-refractivity contribution in [2.24, 2.45) is 0 Å². The standard InChI is InChI=1S/C19H20F4N4O3/c1-11(17-13(20)10-14-18(24-17)29-9-8-28-14)27-6-4-12(5-7-27)30-16-3-2-15(25-26-16)19(21,22)23/h2-3,10-12H,4-9H2,1H3. The van der Waals surface area contributed by atoms with Crippen LogP contribution in [0.5, 0.6) is 17.5 Å². The third kappa shape index (κ3) is 4.40. The summed E-state index contributed by atoms with van der Waals surface area (Å²) in [6.07, 6.45) is -3.53. The van der Waals surface area contributed by atoms with Crippen LogP contribution < -0.4 is 14.2 Å². The molecule has 2 aliphatic heterocycles. The smallest absolute Gasteiger partial charge is 0.435 e. The van der Waals surface area contributed by atoms with Crippen LogP contribution in [0.4, 0.5) is 17.6 Å². The van der Waals surface area contributed by atoms with E-state index in [-0.39, 0.29) is 23.7 Å². The first-order chi connectivity index (χ1) is 14.3. The predicted molar refractivity (Wildman–Crippen MR) is 95.9 cm³/mol. The van der Waals surface area contributed by atoms with Crippen LogP contribution in [0.15, 0.2) is 18.2 Å². The van der Waals surface area contributed by atoms with Crippen molar-refractivity contribution in [1.29, 1.82) is 0 Å². The van der Waals surface area contributed by atoms with Crippen LogP contribution in [0, 0.1) is 5.82 Å². The molecule has 162 valence electrons. The first kappa shape index (κ1) is 20.6. The highest BCUT2D eigenvalue weighted by Gasteiger charge is 2.33. The largest absolute Gasteiger partial charge is 0.484 e. The average Bonchev–Trinajstić information content (AvgIpc) is 2.73. The molecule has 0 spiro atoms. The van der Waals surface area contributed by atoms with Crippen molar-refractivity contribution in [3.05, 3.63) is 35.4 Å². The van der Waals surface area contributed by atoms with E-state index in [0.29, 0.717) is 50.8 Å². The van der Waals surface area contributed by atoms with Gasteiger partial charge in [-0.1, -0.05) is 0 Å². The summed E-state index contributed by atoms with van der Waals surface area (Å²) in [5.41, 5.74) is -0.778. The van der Waals surface area contributed by atoms with Crippen LogP contribution in [0.2, 0.25) is 0 Å². The fourth-order valence-electron chi connectivity index (χ4n) is 3.52. The predicted octanol–water partition coefficient (Wildman–Crippen LogP) is 3.41. The van der Waals surface area contributed by atoms with E-state index < -0.39 is 17.7 Å². The van der Waals surface area contributed by atoms with Crippen molar-refractivity contribution in [3.8, 4) is 17.5 Å². The SMILES string of the molecule is CC(c1nc2c(cc1F)OCCO2)N1CCC(Oc2ccc(C(F)(F)F)nn2)CC1. The number of hydrogen-bond acceptors (Lipinski definition) is 7. The molecule has 1 unspecified atom stereocenters. The summed E-state index contributed by atoms with van der Waals surface area (Å²) in [4.78, 5) is 6.37. The highest BCUT2D eigenvalue weighted by atomic mass is 19.4. The first-order valence-electron chi connectivity index (χ1n) is 9.59. The molecule has 1 atom stereocenters. The van der Waals surface area contributed by atoms with Crippen molar-refractivity contribution >= 4 is 0 Å².